The van der Waals surface area contributed by atoms with Gasteiger partial charge in [0.15, 0.2) is 0 Å². The summed E-state index contributed by atoms with van der Waals surface area (Å²) >= 11 is 0. The third kappa shape index (κ3) is 1050000. The van der Waals surface area contributed by atoms with Crippen molar-refractivity contribution >= 4 is 0 Å². The second-order valence-electron chi connectivity index (χ2n) is 0. The molecule has 0 fully saturated rings. The molecule has 0 aliphatic carbocycles. The monoisotopic (exact) mass is 1540 g/mol. The molecule has 80 nitrogen and oxygen atoms in total. The van der Waals surface area contributed by atoms with Crippen LogP contribution >= 0.6 is 0 Å². The molecule has 84 heavy (non-hydrogen) atoms. The van der Waals surface area contributed by atoms with Crippen LogP contribution in [0.4, 0.5) is 0 Å². The molecule has 0 rings (SSSR count). The normalized spacial score (nSPS) is 0. The molecule has 640 valence electrons. The minimum atomic E-state index is 0. The SMILES string of the molecule is [O-2].[O-2].[O-2].[O-2].[O-2].[O-2].[O-2].[O-2].[O-2].[O-2].[O-2].[O-2].[O-2].[O-2].[O-2].[O-2].[O-2].[O-2].[O-2].[O-2].[O-2].[O-2].[O-2].[O-2].[O-2].[O-2].[O-2].[O-2].[O-2].[O-2].[O-2].[O-2].[O-2].[O-2].[O-2].[O-2].[O-2].[O-2].[O-2].[O-2].[O-2].[O-2].[O-2].[O-2].[O-2].[O-2].[O-2].[O-2].[O-2].[O-2].[O-2].[O-2].[O-2].[O-2].[O-2].[O-2].[O-2].[O-2].[O-2].[O-2].[O-2].[O-2].[O-2].[O-2].[O-2].[O-2].[O-2].[O-2].[O-2].[O-2].[O-2].[O-2].[O-2].[O-2].[O-2].[O-2].[O-2].[O-2].[O-2].[O-2].[Zn+2].[Zn+2].[Zn+2].[Zn+2]. The second-order valence-corrected chi connectivity index (χ2v) is 0. The summed E-state index contributed by atoms with van der Waals surface area (Å²) in [5, 5.41) is 0. The Morgan fingerprint density at radius 2 is 0.0238 bits per heavy atom. The van der Waals surface area contributed by atoms with Gasteiger partial charge in [-0.05, 0) is 0 Å². The van der Waals surface area contributed by atoms with E-state index in [-0.39, 0.29) is 516 Å². The van der Waals surface area contributed by atoms with E-state index in [0.29, 0.717) is 0 Å². The molecule has 0 N–H and O–H groups in total. The van der Waals surface area contributed by atoms with Gasteiger partial charge in [0.1, 0.15) is 0 Å². The fourth-order valence-corrected chi connectivity index (χ4v) is 0. The van der Waals surface area contributed by atoms with Crippen LogP contribution in [0, 0.1) is 0 Å². The second kappa shape index (κ2) is 1090000. The van der Waals surface area contributed by atoms with E-state index in [1.54, 1.807) is 0 Å². The molecule has 0 aliphatic rings. The molecule has 0 atom stereocenters. The van der Waals surface area contributed by atoms with Gasteiger partial charge < -0.3 is 438 Å². The Labute approximate surface area is 515 Å². The molecule has 0 unspecified atom stereocenters. The van der Waals surface area contributed by atoms with E-state index in [0.717, 1.165) is 0 Å². The predicted molar refractivity (Wildman–Crippen MR) is 54.9 cm³/mol. The first kappa shape index (κ1) is 1130000. The van der Waals surface area contributed by atoms with Crippen LogP contribution in [-0.4, -0.2) is 0 Å². The van der Waals surface area contributed by atoms with Gasteiger partial charge in [-0.15, -0.1) is 0 Å². The maximum Gasteiger partial charge on any atom is 2.00 e. The van der Waals surface area contributed by atoms with Crippen molar-refractivity contribution in [3.8, 4) is 0 Å². The summed E-state index contributed by atoms with van der Waals surface area (Å²) in [6, 6.07) is 0. The molecule has 0 heterocycles. The Morgan fingerprint density at radius 1 is 0.0238 bits per heavy atom. The fourth-order valence-electron chi connectivity index (χ4n) is 0. The van der Waals surface area contributed by atoms with Crippen LogP contribution in [0.5, 0.6) is 0 Å². The van der Waals surface area contributed by atoms with Crippen LogP contribution in [-0.2, 0) is 516 Å². The molecule has 0 aromatic carbocycles. The van der Waals surface area contributed by atoms with E-state index < -0.39 is 0 Å². The maximum absolute atomic E-state index is 0. The zero-order valence-corrected chi connectivity index (χ0v) is 47.4. The molecule has 0 amide bonds. The number of rotatable bonds is 0. The Hall–Kier alpha value is -0.706. The van der Waals surface area contributed by atoms with E-state index in [9.17, 15) is 0 Å². The first-order chi connectivity index (χ1) is 0. The third-order valence-electron chi connectivity index (χ3n) is 0. The van der Waals surface area contributed by atoms with Crippen molar-refractivity contribution in [3.05, 3.63) is 0 Å². The van der Waals surface area contributed by atoms with Gasteiger partial charge in [0.25, 0.3) is 0 Å². The summed E-state index contributed by atoms with van der Waals surface area (Å²) in [5.41, 5.74) is 0. The van der Waals surface area contributed by atoms with E-state index in [1.807, 2.05) is 0 Å². The van der Waals surface area contributed by atoms with Crippen molar-refractivity contribution in [2.45, 2.75) is 0 Å². The van der Waals surface area contributed by atoms with E-state index >= 15 is 0 Å². The standard InChI is InChI=1S/80O.4Zn/q80*-2;4*+2. The van der Waals surface area contributed by atoms with Crippen molar-refractivity contribution in [2.75, 3.05) is 0 Å². The molecule has 0 saturated carbocycles. The molecule has 84 heteroatoms. The molecule has 0 saturated heterocycles. The average Bonchev–Trinajstić information content (AvgIpc) is 0. The predicted octanol–water partition coefficient (Wildman–Crippen LogP) is -9.51. The van der Waals surface area contributed by atoms with Crippen LogP contribution in [0.2, 0.25) is 0 Å². The van der Waals surface area contributed by atoms with E-state index in [2.05, 4.69) is 0 Å². The van der Waals surface area contributed by atoms with Crippen LogP contribution in [0.25, 0.3) is 0 Å². The molecular formula is O80Zn4-152. The first-order valence-corrected chi connectivity index (χ1v) is 0. The topological polar surface area (TPSA) is 2280 Å². The minimum Gasteiger partial charge on any atom is -2.00 e. The van der Waals surface area contributed by atoms with Crippen molar-refractivity contribution in [2.24, 2.45) is 0 Å². The first-order valence-electron chi connectivity index (χ1n) is 0. The third-order valence-corrected chi connectivity index (χ3v) is 0. The Morgan fingerprint density at radius 3 is 0.0238 bits per heavy atom. The Kier molecular flexibility index (Phi) is 14700000000. The molecule has 0 aromatic heterocycles. The van der Waals surface area contributed by atoms with Gasteiger partial charge in [0, 0.05) is 0 Å². The van der Waals surface area contributed by atoms with Gasteiger partial charge in [-0.25, -0.2) is 0 Å². The molecular weight excluding hydrogens is 1540 g/mol. The zero-order chi connectivity index (χ0) is 0. The zero-order valence-electron chi connectivity index (χ0n) is 35.5. The minimum absolute atomic E-state index is 0. The van der Waals surface area contributed by atoms with Gasteiger partial charge in [-0.2, -0.15) is 0 Å². The summed E-state index contributed by atoms with van der Waals surface area (Å²) in [7, 11) is 0. The summed E-state index contributed by atoms with van der Waals surface area (Å²) in [6.07, 6.45) is 0. The van der Waals surface area contributed by atoms with Crippen molar-refractivity contribution in [1.29, 1.82) is 0 Å². The maximum atomic E-state index is 0. The van der Waals surface area contributed by atoms with Crippen LogP contribution < -0.4 is 0 Å². The molecule has 0 bridgehead atoms. The fraction of sp³-hybridized carbons (Fsp3) is 0. The Balaban J connectivity index is 0. The Bertz CT molecular complexity index is 23.2. The van der Waals surface area contributed by atoms with E-state index in [4.69, 9.17) is 0 Å². The van der Waals surface area contributed by atoms with Crippen molar-refractivity contribution in [1.82, 2.24) is 0 Å². The number of hydrogen-bond acceptors (Lipinski definition) is 0. The number of hydrogen-bond donors (Lipinski definition) is 0. The van der Waals surface area contributed by atoms with Gasteiger partial charge in [0.05, 0.1) is 0 Å². The summed E-state index contributed by atoms with van der Waals surface area (Å²) in [4.78, 5) is 0. The van der Waals surface area contributed by atoms with Gasteiger partial charge >= 0.3 is 77.9 Å². The smallest absolute Gasteiger partial charge is 2.00 e. The molecule has 0 spiro atoms. The van der Waals surface area contributed by atoms with Crippen LogP contribution in [0.15, 0.2) is 0 Å². The average molecular weight is 1540 g/mol. The van der Waals surface area contributed by atoms with Gasteiger partial charge in [-0.3, -0.25) is 0 Å². The quantitative estimate of drug-likeness (QED) is 0.204. The van der Waals surface area contributed by atoms with Gasteiger partial charge in [-0.1, -0.05) is 0 Å². The molecule has 0 radical (unpaired) electrons. The van der Waals surface area contributed by atoms with Crippen molar-refractivity contribution in [3.63, 3.8) is 0 Å². The molecule has 0 aromatic rings. The van der Waals surface area contributed by atoms with Crippen LogP contribution in [0.1, 0.15) is 0 Å². The van der Waals surface area contributed by atoms with Crippen molar-refractivity contribution < 1.29 is 516 Å². The van der Waals surface area contributed by atoms with Gasteiger partial charge in [0.2, 0.25) is 0 Å². The largest absolute Gasteiger partial charge is 2.00 e. The summed E-state index contributed by atoms with van der Waals surface area (Å²) in [6.45, 7) is 0. The van der Waals surface area contributed by atoms with E-state index in [1.165, 1.54) is 0 Å². The van der Waals surface area contributed by atoms with Crippen LogP contribution in [0.3, 0.4) is 0 Å². The summed E-state index contributed by atoms with van der Waals surface area (Å²) < 4.78 is 0. The summed E-state index contributed by atoms with van der Waals surface area (Å²) in [5.74, 6) is 0. The molecule has 0 aliphatic heterocycles.